The molecule has 24 heavy (non-hydrogen) atoms. The number of halogens is 1. The highest BCUT2D eigenvalue weighted by atomic mass is 35.5. The highest BCUT2D eigenvalue weighted by molar-refractivity contribution is 5.85. The fourth-order valence-electron chi connectivity index (χ4n) is 2.08. The van der Waals surface area contributed by atoms with Crippen molar-refractivity contribution in [2.24, 2.45) is 5.73 Å². The van der Waals surface area contributed by atoms with Crippen LogP contribution in [0.15, 0.2) is 33.3 Å². The van der Waals surface area contributed by atoms with Gasteiger partial charge in [-0.25, -0.2) is 0 Å². The van der Waals surface area contributed by atoms with Gasteiger partial charge in [-0.3, -0.25) is 0 Å². The molecule has 0 fully saturated rings. The Bertz CT molecular complexity index is 767. The van der Waals surface area contributed by atoms with Crippen molar-refractivity contribution in [1.82, 2.24) is 20.3 Å². The highest BCUT2D eigenvalue weighted by Gasteiger charge is 2.13. The van der Waals surface area contributed by atoms with Crippen LogP contribution in [0.25, 0.3) is 11.4 Å². The second-order valence-electron chi connectivity index (χ2n) is 5.61. The molecule has 3 aromatic rings. The van der Waals surface area contributed by atoms with Crippen molar-refractivity contribution in [3.8, 4) is 11.4 Å². The average Bonchev–Trinajstić information content (AvgIpc) is 3.22. The highest BCUT2D eigenvalue weighted by Crippen LogP contribution is 2.17. The molecular weight excluding hydrogens is 330 g/mol. The van der Waals surface area contributed by atoms with Gasteiger partial charge in [0.2, 0.25) is 17.6 Å². The van der Waals surface area contributed by atoms with Gasteiger partial charge in [0.05, 0.1) is 0 Å². The Morgan fingerprint density at radius 3 is 2.17 bits per heavy atom. The summed E-state index contributed by atoms with van der Waals surface area (Å²) in [5.41, 5.74) is 7.55. The van der Waals surface area contributed by atoms with Crippen LogP contribution in [0.2, 0.25) is 0 Å². The smallest absolute Gasteiger partial charge is 0.227 e. The first-order valence-electron chi connectivity index (χ1n) is 7.60. The van der Waals surface area contributed by atoms with Crippen molar-refractivity contribution < 1.29 is 9.05 Å². The van der Waals surface area contributed by atoms with Crippen LogP contribution >= 0.6 is 12.4 Å². The number of aromatic nitrogens is 4. The van der Waals surface area contributed by atoms with Crippen LogP contribution in [-0.4, -0.2) is 20.3 Å². The van der Waals surface area contributed by atoms with Crippen molar-refractivity contribution in [2.45, 2.75) is 39.2 Å². The lowest BCUT2D eigenvalue weighted by molar-refractivity contribution is 0.351. The summed E-state index contributed by atoms with van der Waals surface area (Å²) >= 11 is 0. The molecule has 128 valence electrons. The lowest BCUT2D eigenvalue weighted by Crippen LogP contribution is -1.95. The van der Waals surface area contributed by atoms with Crippen molar-refractivity contribution in [1.29, 1.82) is 0 Å². The zero-order chi connectivity index (χ0) is 16.2. The van der Waals surface area contributed by atoms with E-state index in [2.05, 4.69) is 20.3 Å². The zero-order valence-corrected chi connectivity index (χ0v) is 14.4. The van der Waals surface area contributed by atoms with Gasteiger partial charge in [0.15, 0.2) is 5.82 Å². The molecule has 0 atom stereocenters. The molecule has 8 heteroatoms. The summed E-state index contributed by atoms with van der Waals surface area (Å²) in [4.78, 5) is 8.72. The fraction of sp³-hybridized carbons (Fsp3) is 0.375. The van der Waals surface area contributed by atoms with Gasteiger partial charge in [-0.15, -0.1) is 12.4 Å². The molecule has 0 aliphatic carbocycles. The van der Waals surface area contributed by atoms with E-state index in [1.165, 1.54) is 0 Å². The molecule has 2 heterocycles. The molecular formula is C16H20ClN5O2. The normalized spacial score (nSPS) is 10.8. The van der Waals surface area contributed by atoms with Crippen LogP contribution in [0.1, 0.15) is 42.9 Å². The Morgan fingerprint density at radius 2 is 1.58 bits per heavy atom. The molecule has 0 saturated heterocycles. The van der Waals surface area contributed by atoms with E-state index in [1.54, 1.807) is 0 Å². The predicted molar refractivity (Wildman–Crippen MR) is 90.7 cm³/mol. The number of nitrogens with zero attached hydrogens (tertiary/aromatic N) is 4. The summed E-state index contributed by atoms with van der Waals surface area (Å²) in [6.45, 7) is 4.56. The summed E-state index contributed by atoms with van der Waals surface area (Å²) in [6.07, 6.45) is 1.14. The number of aryl methyl sites for hydroxylation is 2. The molecule has 0 amide bonds. The Morgan fingerprint density at radius 1 is 0.958 bits per heavy atom. The first kappa shape index (κ1) is 18.1. The molecule has 0 aliphatic heterocycles. The maximum atomic E-state index is 5.59. The van der Waals surface area contributed by atoms with Gasteiger partial charge < -0.3 is 14.8 Å². The summed E-state index contributed by atoms with van der Waals surface area (Å²) < 4.78 is 10.5. The van der Waals surface area contributed by atoms with E-state index in [4.69, 9.17) is 14.8 Å². The lowest BCUT2D eigenvalue weighted by Gasteiger charge is -1.97. The van der Waals surface area contributed by atoms with E-state index < -0.39 is 0 Å². The topological polar surface area (TPSA) is 104 Å². The number of rotatable bonds is 6. The van der Waals surface area contributed by atoms with E-state index in [1.807, 2.05) is 38.1 Å². The molecule has 0 bridgehead atoms. The fourth-order valence-corrected chi connectivity index (χ4v) is 2.08. The Labute approximate surface area is 146 Å². The van der Waals surface area contributed by atoms with E-state index in [0.717, 1.165) is 11.1 Å². The molecule has 0 saturated carbocycles. The van der Waals surface area contributed by atoms with Crippen molar-refractivity contribution in [3.05, 3.63) is 47.4 Å². The average molecular weight is 350 g/mol. The number of benzene rings is 1. The van der Waals surface area contributed by atoms with Crippen LogP contribution in [0.4, 0.5) is 0 Å². The first-order valence-corrected chi connectivity index (χ1v) is 7.60. The molecule has 3 rings (SSSR count). The molecule has 0 spiro atoms. The summed E-state index contributed by atoms with van der Waals surface area (Å²) in [7, 11) is 0. The maximum absolute atomic E-state index is 5.59. The third-order valence-corrected chi connectivity index (χ3v) is 3.47. The Kier molecular flexibility index (Phi) is 6.05. The number of nitrogens with two attached hydrogens (primary N) is 1. The van der Waals surface area contributed by atoms with Gasteiger partial charge in [0.1, 0.15) is 0 Å². The number of hydrogen-bond donors (Lipinski definition) is 1. The number of hydrogen-bond acceptors (Lipinski definition) is 7. The quantitative estimate of drug-likeness (QED) is 0.729. The van der Waals surface area contributed by atoms with Crippen LogP contribution in [0.3, 0.4) is 0 Å². The maximum Gasteiger partial charge on any atom is 0.227 e. The van der Waals surface area contributed by atoms with Gasteiger partial charge in [-0.1, -0.05) is 48.4 Å². The summed E-state index contributed by atoms with van der Waals surface area (Å²) in [5, 5.41) is 7.94. The van der Waals surface area contributed by atoms with Crippen molar-refractivity contribution >= 4 is 12.4 Å². The molecule has 2 N–H and O–H groups in total. The van der Waals surface area contributed by atoms with Gasteiger partial charge >= 0.3 is 0 Å². The second kappa shape index (κ2) is 8.03. The largest absolute Gasteiger partial charge is 0.339 e. The van der Waals surface area contributed by atoms with Crippen molar-refractivity contribution in [2.75, 3.05) is 0 Å². The van der Waals surface area contributed by atoms with E-state index in [9.17, 15) is 0 Å². The third-order valence-electron chi connectivity index (χ3n) is 3.47. The van der Waals surface area contributed by atoms with Gasteiger partial charge in [-0.2, -0.15) is 9.97 Å². The lowest BCUT2D eigenvalue weighted by atomic mass is 10.1. The molecule has 7 nitrogen and oxygen atoms in total. The van der Waals surface area contributed by atoms with E-state index >= 15 is 0 Å². The monoisotopic (exact) mass is 349 g/mol. The first-order chi connectivity index (χ1) is 11.2. The zero-order valence-electron chi connectivity index (χ0n) is 13.6. The summed E-state index contributed by atoms with van der Waals surface area (Å²) in [6, 6.07) is 7.78. The van der Waals surface area contributed by atoms with Gasteiger partial charge in [0, 0.05) is 30.9 Å². The van der Waals surface area contributed by atoms with E-state index in [0.29, 0.717) is 42.8 Å². The molecule has 2 aromatic heterocycles. The molecule has 0 radical (unpaired) electrons. The molecule has 0 aliphatic rings. The third kappa shape index (κ3) is 4.18. The van der Waals surface area contributed by atoms with Gasteiger partial charge in [0.25, 0.3) is 0 Å². The molecule has 1 aromatic carbocycles. The predicted octanol–water partition coefficient (Wildman–Crippen LogP) is 2.91. The summed E-state index contributed by atoms with van der Waals surface area (Å²) in [5.74, 6) is 2.66. The second-order valence-corrected chi connectivity index (χ2v) is 5.61. The SMILES string of the molecule is CC(C)c1noc(CCc2nc(-c3ccc(CN)cc3)no2)n1.Cl. The van der Waals surface area contributed by atoms with Crippen LogP contribution < -0.4 is 5.73 Å². The van der Waals surface area contributed by atoms with E-state index in [-0.39, 0.29) is 18.3 Å². The Balaban J connectivity index is 0.00000208. The Hall–Kier alpha value is -2.25. The van der Waals surface area contributed by atoms with Crippen LogP contribution in [0, 0.1) is 0 Å². The minimum Gasteiger partial charge on any atom is -0.339 e. The standard InChI is InChI=1S/C16H19N5O2.ClH/c1-10(2)15-18-13(22-20-15)7-8-14-19-16(21-23-14)12-5-3-11(9-17)4-6-12;/h3-6,10H,7-9,17H2,1-2H3;1H. The van der Waals surface area contributed by atoms with Crippen LogP contribution in [-0.2, 0) is 19.4 Å². The van der Waals surface area contributed by atoms with Gasteiger partial charge in [-0.05, 0) is 5.56 Å². The molecule has 0 unspecified atom stereocenters. The minimum atomic E-state index is 0. The van der Waals surface area contributed by atoms with Crippen molar-refractivity contribution in [3.63, 3.8) is 0 Å². The van der Waals surface area contributed by atoms with Crippen LogP contribution in [0.5, 0.6) is 0 Å². The minimum absolute atomic E-state index is 0.